The van der Waals surface area contributed by atoms with Gasteiger partial charge in [0.15, 0.2) is 0 Å². The molecule has 1 aromatic carbocycles. The van der Waals surface area contributed by atoms with Gasteiger partial charge in [-0.2, -0.15) is 0 Å². The van der Waals surface area contributed by atoms with Gasteiger partial charge in [-0.1, -0.05) is 44.2 Å². The number of aliphatic hydroxyl groups excluding tert-OH is 1. The molecular weight excluding hydrogens is 276 g/mol. The first-order valence-electron chi connectivity index (χ1n) is 6.81. The number of hydrogen-bond donors (Lipinski definition) is 3. The molecule has 114 valence electrons. The smallest absolute Gasteiger partial charge is 0.227 e. The van der Waals surface area contributed by atoms with Crippen LogP contribution in [-0.4, -0.2) is 24.1 Å². The van der Waals surface area contributed by atoms with Crippen molar-refractivity contribution in [3.63, 3.8) is 0 Å². The van der Waals surface area contributed by atoms with E-state index in [1.54, 1.807) is 0 Å². The average Bonchev–Trinajstić information content (AvgIpc) is 2.48. The second-order valence-electron chi connectivity index (χ2n) is 4.83. The fourth-order valence-corrected chi connectivity index (χ4v) is 2.12. The zero-order valence-electron chi connectivity index (χ0n) is 12.1. The van der Waals surface area contributed by atoms with Crippen molar-refractivity contribution in [1.29, 1.82) is 0 Å². The Bertz CT molecular complexity index is 386. The first-order chi connectivity index (χ1) is 9.09. The van der Waals surface area contributed by atoms with Gasteiger partial charge in [-0.05, 0) is 18.4 Å². The maximum absolute atomic E-state index is 12.2. The van der Waals surface area contributed by atoms with Crippen LogP contribution < -0.4 is 11.1 Å². The van der Waals surface area contributed by atoms with Crippen molar-refractivity contribution >= 4 is 18.3 Å². The lowest BCUT2D eigenvalue weighted by atomic mass is 9.81. The van der Waals surface area contributed by atoms with Gasteiger partial charge in [0.2, 0.25) is 5.91 Å². The summed E-state index contributed by atoms with van der Waals surface area (Å²) in [7, 11) is 0. The third kappa shape index (κ3) is 4.47. The molecule has 1 amide bonds. The van der Waals surface area contributed by atoms with Crippen LogP contribution in [0, 0.1) is 5.41 Å². The van der Waals surface area contributed by atoms with Crippen LogP contribution in [0.2, 0.25) is 0 Å². The second-order valence-corrected chi connectivity index (χ2v) is 4.83. The number of carbonyl (C=O) groups excluding carboxylic acids is 1. The highest BCUT2D eigenvalue weighted by atomic mass is 35.5. The molecule has 0 heterocycles. The number of halogens is 1. The number of carbonyl (C=O) groups is 1. The van der Waals surface area contributed by atoms with Crippen molar-refractivity contribution in [3.05, 3.63) is 35.9 Å². The van der Waals surface area contributed by atoms with E-state index >= 15 is 0 Å². The zero-order valence-corrected chi connectivity index (χ0v) is 13.0. The Morgan fingerprint density at radius 3 is 2.30 bits per heavy atom. The maximum atomic E-state index is 12.2. The van der Waals surface area contributed by atoms with Crippen LogP contribution in [0.5, 0.6) is 0 Å². The summed E-state index contributed by atoms with van der Waals surface area (Å²) in [6, 6.07) is 9.30. The molecule has 20 heavy (non-hydrogen) atoms. The van der Waals surface area contributed by atoms with Crippen LogP contribution in [0.15, 0.2) is 30.3 Å². The molecule has 1 aromatic rings. The highest BCUT2D eigenvalue weighted by Gasteiger charge is 2.33. The van der Waals surface area contributed by atoms with E-state index in [9.17, 15) is 9.90 Å². The predicted octanol–water partition coefficient (Wildman–Crippen LogP) is 2.02. The highest BCUT2D eigenvalue weighted by molar-refractivity contribution is 5.85. The molecule has 4 nitrogen and oxygen atoms in total. The van der Waals surface area contributed by atoms with Crippen molar-refractivity contribution in [2.24, 2.45) is 11.1 Å². The lowest BCUT2D eigenvalue weighted by Gasteiger charge is -2.29. The molecule has 4 N–H and O–H groups in total. The first-order valence-corrected chi connectivity index (χ1v) is 6.81. The number of aliphatic hydroxyl groups is 1. The molecule has 5 heteroatoms. The molecule has 1 atom stereocenters. The van der Waals surface area contributed by atoms with E-state index in [-0.39, 0.29) is 24.9 Å². The molecule has 0 spiro atoms. The summed E-state index contributed by atoms with van der Waals surface area (Å²) in [6.07, 6.45) is 0.718. The molecule has 0 aliphatic rings. The van der Waals surface area contributed by atoms with Gasteiger partial charge in [0.05, 0.1) is 11.5 Å². The number of amides is 1. The number of benzene rings is 1. The molecular formula is C15H25ClN2O2. The van der Waals surface area contributed by atoms with E-state index in [0.717, 1.165) is 5.56 Å². The van der Waals surface area contributed by atoms with Crippen molar-refractivity contribution < 1.29 is 9.90 Å². The van der Waals surface area contributed by atoms with Crippen LogP contribution in [0.1, 0.15) is 38.4 Å². The van der Waals surface area contributed by atoms with Gasteiger partial charge in [0.25, 0.3) is 0 Å². The zero-order chi connectivity index (χ0) is 14.3. The summed E-state index contributed by atoms with van der Waals surface area (Å²) in [5.41, 5.74) is 6.01. The summed E-state index contributed by atoms with van der Waals surface area (Å²) in [6.45, 7) is 4.46. The first kappa shape index (κ1) is 18.9. The second kappa shape index (κ2) is 8.95. The Hall–Kier alpha value is -1.10. The van der Waals surface area contributed by atoms with Crippen molar-refractivity contribution in [2.75, 3.05) is 13.1 Å². The van der Waals surface area contributed by atoms with E-state index in [0.29, 0.717) is 19.4 Å². The minimum absolute atomic E-state index is 0. The van der Waals surface area contributed by atoms with Gasteiger partial charge in [-0.3, -0.25) is 4.79 Å². The maximum Gasteiger partial charge on any atom is 0.227 e. The molecule has 0 aromatic heterocycles. The quantitative estimate of drug-likeness (QED) is 0.721. The monoisotopic (exact) mass is 300 g/mol. The minimum atomic E-state index is -0.686. The SMILES string of the molecule is CCC(CC)(CN)C(=O)NCC(O)c1ccccc1.Cl. The molecule has 1 rings (SSSR count). The molecule has 0 saturated heterocycles. The van der Waals surface area contributed by atoms with Crippen LogP contribution in [0.3, 0.4) is 0 Å². The predicted molar refractivity (Wildman–Crippen MR) is 83.7 cm³/mol. The number of hydrogen-bond acceptors (Lipinski definition) is 3. The summed E-state index contributed by atoms with van der Waals surface area (Å²) in [4.78, 5) is 12.2. The number of nitrogens with two attached hydrogens (primary N) is 1. The van der Waals surface area contributed by atoms with Gasteiger partial charge >= 0.3 is 0 Å². The van der Waals surface area contributed by atoms with E-state index in [2.05, 4.69) is 5.32 Å². The standard InChI is InChI=1S/C15H24N2O2.ClH/c1-3-15(4-2,11-16)14(19)17-10-13(18)12-8-6-5-7-9-12;/h5-9,13,18H,3-4,10-11,16H2,1-2H3,(H,17,19);1H. The normalized spacial score (nSPS) is 12.4. The van der Waals surface area contributed by atoms with E-state index in [1.165, 1.54) is 0 Å². The van der Waals surface area contributed by atoms with Crippen molar-refractivity contribution in [3.8, 4) is 0 Å². The third-order valence-electron chi connectivity index (χ3n) is 3.87. The van der Waals surface area contributed by atoms with Crippen LogP contribution >= 0.6 is 12.4 Å². The summed E-state index contributed by atoms with van der Waals surface area (Å²) >= 11 is 0. The van der Waals surface area contributed by atoms with Crippen molar-refractivity contribution in [1.82, 2.24) is 5.32 Å². The molecule has 1 unspecified atom stereocenters. The average molecular weight is 301 g/mol. The molecule has 0 aliphatic heterocycles. The van der Waals surface area contributed by atoms with Crippen LogP contribution in [-0.2, 0) is 4.79 Å². The van der Waals surface area contributed by atoms with E-state index in [1.807, 2.05) is 44.2 Å². The van der Waals surface area contributed by atoms with Crippen LogP contribution in [0.4, 0.5) is 0 Å². The Labute approximate surface area is 127 Å². The molecule has 0 bridgehead atoms. The number of rotatable bonds is 7. The summed E-state index contributed by atoms with van der Waals surface area (Å²) in [5.74, 6) is -0.0741. The minimum Gasteiger partial charge on any atom is -0.387 e. The van der Waals surface area contributed by atoms with Gasteiger partial charge in [0, 0.05) is 13.1 Å². The fraction of sp³-hybridized carbons (Fsp3) is 0.533. The largest absolute Gasteiger partial charge is 0.387 e. The lowest BCUT2D eigenvalue weighted by molar-refractivity contribution is -0.131. The van der Waals surface area contributed by atoms with Gasteiger partial charge in [-0.25, -0.2) is 0 Å². The third-order valence-corrected chi connectivity index (χ3v) is 3.87. The van der Waals surface area contributed by atoms with Crippen LogP contribution in [0.25, 0.3) is 0 Å². The topological polar surface area (TPSA) is 75.4 Å². The lowest BCUT2D eigenvalue weighted by Crippen LogP contribution is -2.46. The Morgan fingerprint density at radius 2 is 1.85 bits per heavy atom. The highest BCUT2D eigenvalue weighted by Crippen LogP contribution is 2.25. The number of nitrogens with one attached hydrogen (secondary N) is 1. The van der Waals surface area contributed by atoms with Crippen molar-refractivity contribution in [2.45, 2.75) is 32.8 Å². The molecule has 0 radical (unpaired) electrons. The van der Waals surface area contributed by atoms with Gasteiger partial charge in [0.1, 0.15) is 0 Å². The van der Waals surface area contributed by atoms with E-state index in [4.69, 9.17) is 5.73 Å². The molecule has 0 fully saturated rings. The summed E-state index contributed by atoms with van der Waals surface area (Å²) < 4.78 is 0. The fourth-order valence-electron chi connectivity index (χ4n) is 2.12. The van der Waals surface area contributed by atoms with E-state index < -0.39 is 11.5 Å². The molecule has 0 aliphatic carbocycles. The van der Waals surface area contributed by atoms with Gasteiger partial charge < -0.3 is 16.2 Å². The molecule has 0 saturated carbocycles. The van der Waals surface area contributed by atoms with Gasteiger partial charge in [-0.15, -0.1) is 12.4 Å². The Kier molecular flexibility index (Phi) is 8.46. The summed E-state index contributed by atoms with van der Waals surface area (Å²) in [5, 5.41) is 12.8. The Balaban J connectivity index is 0.00000361. The Morgan fingerprint density at radius 1 is 1.30 bits per heavy atom.